The van der Waals surface area contributed by atoms with Crippen molar-refractivity contribution < 1.29 is 9.53 Å². The van der Waals surface area contributed by atoms with Crippen LogP contribution < -0.4 is 15.0 Å². The third-order valence-electron chi connectivity index (χ3n) is 5.57. The number of anilines is 1. The molecule has 2 aromatic carbocycles. The van der Waals surface area contributed by atoms with Gasteiger partial charge in [-0.2, -0.15) is 0 Å². The number of halogens is 1. The van der Waals surface area contributed by atoms with E-state index in [1.807, 2.05) is 30.9 Å². The van der Waals surface area contributed by atoms with Crippen molar-refractivity contribution in [2.75, 3.05) is 18.1 Å². The monoisotopic (exact) mass is 484 g/mol. The molecule has 8 heteroatoms. The molecular formula is C25H29ClN4O2S. The molecule has 1 N–H and O–H groups in total. The fourth-order valence-electron chi connectivity index (χ4n) is 3.60. The van der Waals surface area contributed by atoms with Gasteiger partial charge in [-0.1, -0.05) is 43.6 Å². The Morgan fingerprint density at radius 2 is 1.91 bits per heavy atom. The van der Waals surface area contributed by atoms with E-state index in [-0.39, 0.29) is 5.91 Å². The quantitative estimate of drug-likeness (QED) is 0.286. The van der Waals surface area contributed by atoms with E-state index in [4.69, 9.17) is 35.1 Å². The zero-order valence-corrected chi connectivity index (χ0v) is 21.0. The van der Waals surface area contributed by atoms with Gasteiger partial charge in [0.1, 0.15) is 11.3 Å². The minimum absolute atomic E-state index is 0.120. The van der Waals surface area contributed by atoms with Gasteiger partial charge < -0.3 is 15.0 Å². The molecule has 1 saturated heterocycles. The molecule has 1 fully saturated rings. The van der Waals surface area contributed by atoms with E-state index in [1.165, 1.54) is 10.5 Å². The van der Waals surface area contributed by atoms with E-state index in [1.54, 1.807) is 18.2 Å². The molecule has 6 nitrogen and oxygen atoms in total. The van der Waals surface area contributed by atoms with Crippen LogP contribution in [0.1, 0.15) is 39.7 Å². The Kier molecular flexibility index (Phi) is 7.96. The van der Waals surface area contributed by atoms with Gasteiger partial charge in [0, 0.05) is 24.2 Å². The Hall–Kier alpha value is -2.66. The Labute approximate surface area is 206 Å². The largest absolute Gasteiger partial charge is 0.494 e. The molecule has 0 unspecified atom stereocenters. The molecule has 0 aromatic heterocycles. The standard InChI is InChI=1S/C25H29ClN4O2S/c1-17(2)28-16-18-7-10-20(11-8-18)32-14-6-13-29-24(33)30(23(31)25(29,3)4)19-9-12-22(27-5)21(26)15-19/h7-12,15,17,28H,6,13-14,16H2,1-4H3. The van der Waals surface area contributed by atoms with Crippen molar-refractivity contribution in [2.45, 2.75) is 52.2 Å². The summed E-state index contributed by atoms with van der Waals surface area (Å²) >= 11 is 11.8. The summed E-state index contributed by atoms with van der Waals surface area (Å²) in [7, 11) is 0. The summed E-state index contributed by atoms with van der Waals surface area (Å²) in [6.45, 7) is 17.0. The summed E-state index contributed by atoms with van der Waals surface area (Å²) in [6, 6.07) is 13.4. The Morgan fingerprint density at radius 3 is 2.52 bits per heavy atom. The summed E-state index contributed by atoms with van der Waals surface area (Å²) in [6.07, 6.45) is 0.707. The Bertz CT molecular complexity index is 1060. The normalized spacial score (nSPS) is 15.3. The number of benzene rings is 2. The van der Waals surface area contributed by atoms with Gasteiger partial charge >= 0.3 is 0 Å². The van der Waals surface area contributed by atoms with Crippen molar-refractivity contribution >= 4 is 46.2 Å². The van der Waals surface area contributed by atoms with Crippen molar-refractivity contribution in [3.05, 3.63) is 64.5 Å². The van der Waals surface area contributed by atoms with Gasteiger partial charge in [0.05, 0.1) is 18.9 Å². The smallest absolute Gasteiger partial charge is 0.258 e. The van der Waals surface area contributed by atoms with E-state index in [0.29, 0.717) is 47.1 Å². The molecule has 1 heterocycles. The summed E-state index contributed by atoms with van der Waals surface area (Å²) < 4.78 is 5.89. The van der Waals surface area contributed by atoms with Gasteiger partial charge in [-0.25, -0.2) is 4.85 Å². The lowest BCUT2D eigenvalue weighted by Gasteiger charge is -2.29. The first-order chi connectivity index (χ1) is 15.6. The minimum atomic E-state index is -0.785. The molecule has 1 aliphatic rings. The number of nitrogens with one attached hydrogen (secondary N) is 1. The van der Waals surface area contributed by atoms with Crippen LogP contribution in [0.5, 0.6) is 5.75 Å². The molecular weight excluding hydrogens is 456 g/mol. The zero-order chi connectivity index (χ0) is 24.2. The van der Waals surface area contributed by atoms with E-state index >= 15 is 0 Å². The maximum atomic E-state index is 13.2. The van der Waals surface area contributed by atoms with Crippen molar-refractivity contribution in [3.63, 3.8) is 0 Å². The molecule has 174 valence electrons. The highest BCUT2D eigenvalue weighted by atomic mass is 35.5. The van der Waals surface area contributed by atoms with Gasteiger partial charge in [-0.3, -0.25) is 9.69 Å². The van der Waals surface area contributed by atoms with E-state index < -0.39 is 5.54 Å². The summed E-state index contributed by atoms with van der Waals surface area (Å²) in [5.74, 6) is 0.699. The first-order valence-corrected chi connectivity index (χ1v) is 11.7. The molecule has 0 spiro atoms. The lowest BCUT2D eigenvalue weighted by molar-refractivity contribution is -0.123. The van der Waals surface area contributed by atoms with Crippen molar-refractivity contribution in [1.29, 1.82) is 0 Å². The topological polar surface area (TPSA) is 49.2 Å². The van der Waals surface area contributed by atoms with Crippen LogP contribution in [0.25, 0.3) is 4.85 Å². The molecule has 2 aromatic rings. The SMILES string of the molecule is [C-]#[N+]c1ccc(N2C(=O)C(C)(C)N(CCCOc3ccc(CNC(C)C)cc3)C2=S)cc1Cl. The third-order valence-corrected chi connectivity index (χ3v) is 6.27. The average molecular weight is 485 g/mol. The lowest BCUT2D eigenvalue weighted by Crippen LogP contribution is -2.44. The number of hydrogen-bond acceptors (Lipinski definition) is 4. The van der Waals surface area contributed by atoms with Gasteiger partial charge in [-0.15, -0.1) is 0 Å². The molecule has 0 aliphatic carbocycles. The van der Waals surface area contributed by atoms with E-state index in [2.05, 4.69) is 36.1 Å². The third kappa shape index (κ3) is 5.64. The van der Waals surface area contributed by atoms with Crippen molar-refractivity contribution in [1.82, 2.24) is 10.2 Å². The number of thiocarbonyl (C=S) groups is 1. The number of carbonyl (C=O) groups excluding carboxylic acids is 1. The summed E-state index contributed by atoms with van der Waals surface area (Å²) in [5.41, 5.74) is 1.34. The van der Waals surface area contributed by atoms with Crippen LogP contribution in [-0.4, -0.2) is 40.7 Å². The minimum Gasteiger partial charge on any atom is -0.494 e. The number of carbonyl (C=O) groups is 1. The number of amides is 1. The highest BCUT2D eigenvalue weighted by molar-refractivity contribution is 7.80. The molecule has 0 saturated carbocycles. The molecule has 3 rings (SSSR count). The van der Waals surface area contributed by atoms with Crippen LogP contribution in [-0.2, 0) is 11.3 Å². The second-order valence-electron chi connectivity index (χ2n) is 8.76. The highest BCUT2D eigenvalue weighted by Gasteiger charge is 2.49. The Balaban J connectivity index is 1.58. The van der Waals surface area contributed by atoms with Crippen LogP contribution in [0, 0.1) is 6.57 Å². The fraction of sp³-hybridized carbons (Fsp3) is 0.400. The predicted molar refractivity (Wildman–Crippen MR) is 137 cm³/mol. The van der Waals surface area contributed by atoms with Crippen molar-refractivity contribution in [2.24, 2.45) is 0 Å². The van der Waals surface area contributed by atoms with E-state index in [9.17, 15) is 4.79 Å². The first kappa shape index (κ1) is 25.0. The molecule has 33 heavy (non-hydrogen) atoms. The predicted octanol–water partition coefficient (Wildman–Crippen LogP) is 5.57. The first-order valence-electron chi connectivity index (χ1n) is 10.9. The van der Waals surface area contributed by atoms with Crippen LogP contribution in [0.15, 0.2) is 42.5 Å². The molecule has 1 amide bonds. The van der Waals surface area contributed by atoms with Crippen LogP contribution >= 0.6 is 23.8 Å². The summed E-state index contributed by atoms with van der Waals surface area (Å²) in [4.78, 5) is 19.9. The molecule has 0 bridgehead atoms. The van der Waals surface area contributed by atoms with Gasteiger partial charge in [0.2, 0.25) is 5.69 Å². The van der Waals surface area contributed by atoms with Gasteiger partial charge in [-0.05, 0) is 62.3 Å². The second kappa shape index (κ2) is 10.5. The van der Waals surface area contributed by atoms with E-state index in [0.717, 1.165) is 12.3 Å². The second-order valence-corrected chi connectivity index (χ2v) is 9.54. The van der Waals surface area contributed by atoms with Crippen LogP contribution in [0.4, 0.5) is 11.4 Å². The fourth-order valence-corrected chi connectivity index (χ4v) is 4.33. The lowest BCUT2D eigenvalue weighted by atomic mass is 10.0. The maximum Gasteiger partial charge on any atom is 0.258 e. The van der Waals surface area contributed by atoms with Crippen molar-refractivity contribution in [3.8, 4) is 5.75 Å². The van der Waals surface area contributed by atoms with Gasteiger partial charge in [0.25, 0.3) is 5.91 Å². The highest BCUT2D eigenvalue weighted by Crippen LogP contribution is 2.36. The molecule has 0 atom stereocenters. The van der Waals surface area contributed by atoms with Crippen LogP contribution in [0.2, 0.25) is 5.02 Å². The zero-order valence-electron chi connectivity index (χ0n) is 19.4. The number of hydrogen-bond donors (Lipinski definition) is 1. The number of rotatable bonds is 9. The molecule has 1 aliphatic heterocycles. The summed E-state index contributed by atoms with van der Waals surface area (Å²) in [5, 5.41) is 4.12. The number of ether oxygens (including phenoxy) is 1. The number of nitrogens with zero attached hydrogens (tertiary/aromatic N) is 3. The van der Waals surface area contributed by atoms with Gasteiger partial charge in [0.15, 0.2) is 5.11 Å². The maximum absolute atomic E-state index is 13.2. The average Bonchev–Trinajstić information content (AvgIpc) is 2.94. The Morgan fingerprint density at radius 1 is 1.21 bits per heavy atom. The molecule has 0 radical (unpaired) electrons. The van der Waals surface area contributed by atoms with Crippen LogP contribution in [0.3, 0.4) is 0 Å².